The molecule has 1 saturated carbocycles. The molecule has 0 aliphatic heterocycles. The Morgan fingerprint density at radius 1 is 1.26 bits per heavy atom. The molecule has 0 radical (unpaired) electrons. The van der Waals surface area contributed by atoms with Crippen molar-refractivity contribution in [2.45, 2.75) is 32.4 Å². The highest BCUT2D eigenvalue weighted by Crippen LogP contribution is 2.40. The van der Waals surface area contributed by atoms with Gasteiger partial charge in [0.1, 0.15) is 0 Å². The highest BCUT2D eigenvalue weighted by Gasteiger charge is 2.30. The monoisotopic (exact) mass is 362 g/mol. The molecule has 0 saturated heterocycles. The maximum atomic E-state index is 13.2. The van der Waals surface area contributed by atoms with Crippen LogP contribution < -0.4 is 17.0 Å². The Kier molecular flexibility index (Phi) is 3.32. The average Bonchev–Trinajstić information content (AvgIpc) is 3.40. The number of hydrogen-bond acceptors (Lipinski definition) is 7. The van der Waals surface area contributed by atoms with Crippen LogP contribution >= 0.6 is 0 Å². The third-order valence-electron chi connectivity index (χ3n) is 5.08. The zero-order valence-electron chi connectivity index (χ0n) is 14.8. The topological polar surface area (TPSA) is 126 Å². The van der Waals surface area contributed by atoms with Crippen molar-refractivity contribution in [1.29, 1.82) is 0 Å². The molecule has 8 heteroatoms. The fraction of sp³-hybridized carbons (Fsp3) is 0.263. The maximum Gasteiger partial charge on any atom is 0.281 e. The van der Waals surface area contributed by atoms with E-state index in [0.717, 1.165) is 40.4 Å². The van der Waals surface area contributed by atoms with E-state index in [9.17, 15) is 4.79 Å². The van der Waals surface area contributed by atoms with Crippen LogP contribution in [0.1, 0.15) is 30.3 Å². The summed E-state index contributed by atoms with van der Waals surface area (Å²) in [6.07, 6.45) is 5.35. The molecule has 0 amide bonds. The highest BCUT2D eigenvalue weighted by atomic mass is 16.3. The summed E-state index contributed by atoms with van der Waals surface area (Å²) >= 11 is 0. The molecule has 8 nitrogen and oxygen atoms in total. The quantitative estimate of drug-likeness (QED) is 0.572. The van der Waals surface area contributed by atoms with Crippen LogP contribution in [0.2, 0.25) is 0 Å². The fourth-order valence-electron chi connectivity index (χ4n) is 3.66. The summed E-state index contributed by atoms with van der Waals surface area (Å²) in [4.78, 5) is 25.6. The molecule has 4 aromatic rings. The number of hydrogen-bond donors (Lipinski definition) is 2. The van der Waals surface area contributed by atoms with Gasteiger partial charge in [-0.25, -0.2) is 15.0 Å². The van der Waals surface area contributed by atoms with Gasteiger partial charge in [-0.3, -0.25) is 4.79 Å². The van der Waals surface area contributed by atoms with Crippen LogP contribution in [0, 0.1) is 6.92 Å². The Balaban J connectivity index is 1.90. The minimum absolute atomic E-state index is 0.128. The number of rotatable bonds is 3. The molecular formula is C19H18N6O2. The number of aryl methyl sites for hydroxylation is 1. The van der Waals surface area contributed by atoms with Gasteiger partial charge in [-0.2, -0.15) is 0 Å². The number of nitrogens with zero attached hydrogens (tertiary/aromatic N) is 4. The highest BCUT2D eigenvalue weighted by molar-refractivity contribution is 6.04. The lowest BCUT2D eigenvalue weighted by molar-refractivity contribution is 0.535. The first-order valence-corrected chi connectivity index (χ1v) is 8.83. The number of aromatic nitrogens is 4. The van der Waals surface area contributed by atoms with E-state index in [0.29, 0.717) is 17.0 Å². The number of benzene rings is 1. The number of oxazole rings is 1. The van der Waals surface area contributed by atoms with E-state index in [1.807, 2.05) is 23.6 Å². The Morgan fingerprint density at radius 3 is 2.67 bits per heavy atom. The van der Waals surface area contributed by atoms with Crippen molar-refractivity contribution in [2.75, 3.05) is 5.73 Å². The molecule has 1 aliphatic rings. The van der Waals surface area contributed by atoms with E-state index in [4.69, 9.17) is 15.9 Å². The van der Waals surface area contributed by atoms with Gasteiger partial charge in [-0.15, -0.1) is 0 Å². The summed E-state index contributed by atoms with van der Waals surface area (Å²) in [7, 11) is 0. The van der Waals surface area contributed by atoms with Crippen molar-refractivity contribution in [2.24, 2.45) is 5.73 Å². The lowest BCUT2D eigenvalue weighted by Gasteiger charge is -2.15. The second kappa shape index (κ2) is 5.62. The van der Waals surface area contributed by atoms with E-state index in [1.165, 1.54) is 0 Å². The standard InChI is InChI=1S/C19H18N6O2/c1-9-12(10-7-22-19(21)23-8-10)4-5-13-16(9)25(11-2-3-11)18(26)15-17(13)27-14(6-20)24-15/h4-5,7-8,11H,2-3,6,20H2,1H3,(H2,21,22,23). The van der Waals surface area contributed by atoms with Gasteiger partial charge in [-0.05, 0) is 37.0 Å². The van der Waals surface area contributed by atoms with Crippen LogP contribution in [0.25, 0.3) is 33.1 Å². The fourth-order valence-corrected chi connectivity index (χ4v) is 3.66. The molecule has 0 bridgehead atoms. The molecule has 1 aromatic carbocycles. The van der Waals surface area contributed by atoms with Crippen molar-refractivity contribution >= 4 is 28.0 Å². The van der Waals surface area contributed by atoms with Gasteiger partial charge in [0.05, 0.1) is 12.1 Å². The molecule has 1 fully saturated rings. The summed E-state index contributed by atoms with van der Waals surface area (Å²) in [5, 5.41) is 0.862. The second-order valence-corrected chi connectivity index (χ2v) is 6.86. The van der Waals surface area contributed by atoms with Crippen molar-refractivity contribution < 1.29 is 4.42 Å². The van der Waals surface area contributed by atoms with Gasteiger partial charge in [0, 0.05) is 29.4 Å². The van der Waals surface area contributed by atoms with Gasteiger partial charge < -0.3 is 20.5 Å². The molecule has 3 heterocycles. The summed E-state index contributed by atoms with van der Waals surface area (Å²) in [5.41, 5.74) is 15.6. The Bertz CT molecular complexity index is 1250. The van der Waals surface area contributed by atoms with E-state index in [2.05, 4.69) is 15.0 Å². The van der Waals surface area contributed by atoms with Crippen LogP contribution in [0.5, 0.6) is 0 Å². The van der Waals surface area contributed by atoms with Crippen LogP contribution in [-0.4, -0.2) is 19.5 Å². The summed E-state index contributed by atoms with van der Waals surface area (Å²) in [6, 6.07) is 4.14. The summed E-state index contributed by atoms with van der Waals surface area (Å²) in [5.74, 6) is 0.593. The van der Waals surface area contributed by atoms with E-state index in [-0.39, 0.29) is 24.1 Å². The van der Waals surface area contributed by atoms with Crippen molar-refractivity contribution in [3.63, 3.8) is 0 Å². The molecule has 5 rings (SSSR count). The molecule has 3 aromatic heterocycles. The number of nitrogens with two attached hydrogens (primary N) is 2. The molecule has 1 aliphatic carbocycles. The third kappa shape index (κ3) is 2.33. The second-order valence-electron chi connectivity index (χ2n) is 6.86. The molecule has 0 atom stereocenters. The number of fused-ring (bicyclic) bond motifs is 3. The normalized spacial score (nSPS) is 14.3. The van der Waals surface area contributed by atoms with Crippen molar-refractivity contribution in [1.82, 2.24) is 19.5 Å². The van der Waals surface area contributed by atoms with Crippen molar-refractivity contribution in [3.8, 4) is 11.1 Å². The largest absolute Gasteiger partial charge is 0.438 e. The van der Waals surface area contributed by atoms with Crippen LogP contribution in [0.15, 0.2) is 33.7 Å². The molecule has 0 spiro atoms. The van der Waals surface area contributed by atoms with Gasteiger partial charge in [0.15, 0.2) is 11.1 Å². The molecule has 4 N–H and O–H groups in total. The zero-order valence-corrected chi connectivity index (χ0v) is 14.8. The molecule has 0 unspecified atom stereocenters. The molecule has 27 heavy (non-hydrogen) atoms. The molecular weight excluding hydrogens is 344 g/mol. The number of nitrogen functional groups attached to an aromatic ring is 1. The lowest BCUT2D eigenvalue weighted by Crippen LogP contribution is -2.20. The first-order valence-electron chi connectivity index (χ1n) is 8.83. The third-order valence-corrected chi connectivity index (χ3v) is 5.08. The maximum absolute atomic E-state index is 13.2. The SMILES string of the molecule is Cc1c(-c2cnc(N)nc2)ccc2c3oc(CN)nc3c(=O)n(C3CC3)c12. The minimum atomic E-state index is -0.128. The van der Waals surface area contributed by atoms with Gasteiger partial charge >= 0.3 is 0 Å². The minimum Gasteiger partial charge on any atom is -0.438 e. The first-order chi connectivity index (χ1) is 13.1. The lowest BCUT2D eigenvalue weighted by atomic mass is 9.99. The van der Waals surface area contributed by atoms with Crippen LogP contribution in [-0.2, 0) is 6.54 Å². The predicted molar refractivity (Wildman–Crippen MR) is 102 cm³/mol. The van der Waals surface area contributed by atoms with Gasteiger partial charge in [0.25, 0.3) is 5.56 Å². The summed E-state index contributed by atoms with van der Waals surface area (Å²) in [6.45, 7) is 2.15. The predicted octanol–water partition coefficient (Wildman–Crippen LogP) is 2.28. The molecule has 136 valence electrons. The van der Waals surface area contributed by atoms with E-state index < -0.39 is 0 Å². The smallest absolute Gasteiger partial charge is 0.281 e. The summed E-state index contributed by atoms with van der Waals surface area (Å²) < 4.78 is 7.65. The van der Waals surface area contributed by atoms with E-state index in [1.54, 1.807) is 12.4 Å². The number of anilines is 1. The Labute approximate surface area is 153 Å². The van der Waals surface area contributed by atoms with E-state index >= 15 is 0 Å². The number of pyridine rings is 1. The Morgan fingerprint density at radius 2 is 2.00 bits per heavy atom. The van der Waals surface area contributed by atoms with Gasteiger partial charge in [-0.1, -0.05) is 6.07 Å². The van der Waals surface area contributed by atoms with Crippen LogP contribution in [0.3, 0.4) is 0 Å². The average molecular weight is 362 g/mol. The van der Waals surface area contributed by atoms with Gasteiger partial charge in [0.2, 0.25) is 11.8 Å². The van der Waals surface area contributed by atoms with Crippen molar-refractivity contribution in [3.05, 3.63) is 46.3 Å². The first kappa shape index (κ1) is 16.0. The van der Waals surface area contributed by atoms with Crippen LogP contribution in [0.4, 0.5) is 5.95 Å². The Hall–Kier alpha value is -3.26. The zero-order chi connectivity index (χ0) is 18.7.